The number of nitrogens with one attached hydrogen (secondary N) is 1. The normalized spacial score (nSPS) is 10.3. The van der Waals surface area contributed by atoms with Crippen molar-refractivity contribution in [3.8, 4) is 17.2 Å². The van der Waals surface area contributed by atoms with Gasteiger partial charge in [-0.1, -0.05) is 17.7 Å². The van der Waals surface area contributed by atoms with E-state index in [1.165, 1.54) is 21.3 Å². The Labute approximate surface area is 152 Å². The number of carbonyl (C=O) groups excluding carboxylic acids is 1. The van der Waals surface area contributed by atoms with Crippen LogP contribution in [-0.2, 0) is 11.2 Å². The summed E-state index contributed by atoms with van der Waals surface area (Å²) in [6, 6.07) is 7.31. The molecule has 0 saturated heterocycles. The standard InChI is InChI=1S/C19H22ClNO4/c1-11-6-12(2)18(14(20)7-11)21-17(22)10-13-8-15(23-3)19(25-5)16(9-13)24-4/h6-9H,10H2,1-5H3,(H,21,22). The summed E-state index contributed by atoms with van der Waals surface area (Å²) in [5.74, 6) is 1.33. The molecular formula is C19H22ClNO4. The van der Waals surface area contributed by atoms with Crippen LogP contribution in [0.4, 0.5) is 5.69 Å². The van der Waals surface area contributed by atoms with Crippen LogP contribution in [0.3, 0.4) is 0 Å². The highest BCUT2D eigenvalue weighted by Gasteiger charge is 2.16. The van der Waals surface area contributed by atoms with Crippen molar-refractivity contribution < 1.29 is 19.0 Å². The summed E-state index contributed by atoms with van der Waals surface area (Å²) in [7, 11) is 4.61. The van der Waals surface area contributed by atoms with Crippen molar-refractivity contribution in [2.45, 2.75) is 20.3 Å². The van der Waals surface area contributed by atoms with Crippen LogP contribution in [0.2, 0.25) is 5.02 Å². The number of halogens is 1. The van der Waals surface area contributed by atoms with Crippen LogP contribution in [0, 0.1) is 13.8 Å². The summed E-state index contributed by atoms with van der Waals surface area (Å²) in [4.78, 5) is 12.4. The first-order valence-electron chi connectivity index (χ1n) is 7.75. The van der Waals surface area contributed by atoms with Gasteiger partial charge in [0, 0.05) is 0 Å². The zero-order chi connectivity index (χ0) is 18.6. The van der Waals surface area contributed by atoms with E-state index in [9.17, 15) is 4.79 Å². The zero-order valence-electron chi connectivity index (χ0n) is 15.0. The largest absolute Gasteiger partial charge is 0.493 e. The SMILES string of the molecule is COc1cc(CC(=O)Nc2c(C)cc(C)cc2Cl)cc(OC)c1OC. The van der Waals surface area contributed by atoms with Gasteiger partial charge in [0.2, 0.25) is 11.7 Å². The number of benzene rings is 2. The lowest BCUT2D eigenvalue weighted by Crippen LogP contribution is -2.16. The van der Waals surface area contributed by atoms with Gasteiger partial charge in [-0.2, -0.15) is 0 Å². The summed E-state index contributed by atoms with van der Waals surface area (Å²) >= 11 is 6.25. The second kappa shape index (κ2) is 8.12. The Kier molecular flexibility index (Phi) is 6.15. The molecule has 1 amide bonds. The molecule has 0 atom stereocenters. The average Bonchev–Trinajstić information content (AvgIpc) is 2.57. The second-order valence-electron chi connectivity index (χ2n) is 5.70. The molecular weight excluding hydrogens is 342 g/mol. The Morgan fingerprint density at radius 1 is 1.00 bits per heavy atom. The van der Waals surface area contributed by atoms with Gasteiger partial charge in [-0.15, -0.1) is 0 Å². The summed E-state index contributed by atoms with van der Waals surface area (Å²) in [5.41, 5.74) is 3.34. The van der Waals surface area contributed by atoms with Gasteiger partial charge in [-0.25, -0.2) is 0 Å². The Balaban J connectivity index is 2.24. The summed E-state index contributed by atoms with van der Waals surface area (Å²) < 4.78 is 15.9. The zero-order valence-corrected chi connectivity index (χ0v) is 15.8. The minimum absolute atomic E-state index is 0.153. The highest BCUT2D eigenvalue weighted by atomic mass is 35.5. The lowest BCUT2D eigenvalue weighted by molar-refractivity contribution is -0.115. The Bertz CT molecular complexity index is 741. The molecule has 0 aliphatic carbocycles. The van der Waals surface area contributed by atoms with Crippen molar-refractivity contribution in [3.05, 3.63) is 46.0 Å². The van der Waals surface area contributed by atoms with E-state index in [2.05, 4.69) is 5.32 Å². The number of hydrogen-bond acceptors (Lipinski definition) is 4. The third-order valence-electron chi connectivity index (χ3n) is 3.79. The van der Waals surface area contributed by atoms with Crippen LogP contribution in [-0.4, -0.2) is 27.2 Å². The van der Waals surface area contributed by atoms with E-state index >= 15 is 0 Å². The van der Waals surface area contributed by atoms with E-state index in [4.69, 9.17) is 25.8 Å². The maximum absolute atomic E-state index is 12.4. The van der Waals surface area contributed by atoms with Gasteiger partial charge in [0.1, 0.15) is 0 Å². The van der Waals surface area contributed by atoms with Crippen molar-refractivity contribution in [3.63, 3.8) is 0 Å². The molecule has 1 N–H and O–H groups in total. The van der Waals surface area contributed by atoms with Crippen molar-refractivity contribution in [2.24, 2.45) is 0 Å². The predicted octanol–water partition coefficient (Wildman–Crippen LogP) is 4.16. The number of hydrogen-bond donors (Lipinski definition) is 1. The molecule has 5 nitrogen and oxygen atoms in total. The molecule has 6 heteroatoms. The van der Waals surface area contributed by atoms with E-state index in [0.29, 0.717) is 28.0 Å². The number of ether oxygens (including phenoxy) is 3. The van der Waals surface area contributed by atoms with E-state index in [0.717, 1.165) is 16.7 Å². The molecule has 0 spiro atoms. The van der Waals surface area contributed by atoms with Gasteiger partial charge in [0.05, 0.1) is 38.5 Å². The highest BCUT2D eigenvalue weighted by molar-refractivity contribution is 6.34. The number of methoxy groups -OCH3 is 3. The fourth-order valence-corrected chi connectivity index (χ4v) is 3.05. The molecule has 0 saturated carbocycles. The van der Waals surface area contributed by atoms with E-state index in [-0.39, 0.29) is 12.3 Å². The number of aryl methyl sites for hydroxylation is 2. The fraction of sp³-hybridized carbons (Fsp3) is 0.316. The fourth-order valence-electron chi connectivity index (χ4n) is 2.68. The second-order valence-corrected chi connectivity index (χ2v) is 6.10. The topological polar surface area (TPSA) is 56.8 Å². The Hall–Kier alpha value is -2.40. The third kappa shape index (κ3) is 4.37. The van der Waals surface area contributed by atoms with E-state index < -0.39 is 0 Å². The van der Waals surface area contributed by atoms with Crippen molar-refractivity contribution in [1.29, 1.82) is 0 Å². The summed E-state index contributed by atoms with van der Waals surface area (Å²) in [6.45, 7) is 3.87. The van der Waals surface area contributed by atoms with Gasteiger partial charge in [0.15, 0.2) is 11.5 Å². The highest BCUT2D eigenvalue weighted by Crippen LogP contribution is 2.38. The van der Waals surface area contributed by atoms with Crippen molar-refractivity contribution in [2.75, 3.05) is 26.6 Å². The first-order valence-corrected chi connectivity index (χ1v) is 8.12. The number of carbonyl (C=O) groups is 1. The summed E-state index contributed by atoms with van der Waals surface area (Å²) in [5, 5.41) is 3.40. The Morgan fingerprint density at radius 2 is 1.60 bits per heavy atom. The molecule has 0 aromatic heterocycles. The van der Waals surface area contributed by atoms with Crippen LogP contribution >= 0.6 is 11.6 Å². The molecule has 134 valence electrons. The van der Waals surface area contributed by atoms with Crippen molar-refractivity contribution >= 4 is 23.2 Å². The van der Waals surface area contributed by atoms with Crippen LogP contribution in [0.25, 0.3) is 0 Å². The average molecular weight is 364 g/mol. The third-order valence-corrected chi connectivity index (χ3v) is 4.08. The quantitative estimate of drug-likeness (QED) is 0.837. The van der Waals surface area contributed by atoms with Crippen LogP contribution in [0.15, 0.2) is 24.3 Å². The van der Waals surface area contributed by atoms with Crippen LogP contribution in [0.1, 0.15) is 16.7 Å². The molecule has 0 unspecified atom stereocenters. The van der Waals surface area contributed by atoms with Gasteiger partial charge in [-0.3, -0.25) is 4.79 Å². The molecule has 2 aromatic rings. The minimum atomic E-state index is -0.178. The molecule has 2 rings (SSSR count). The number of rotatable bonds is 6. The molecule has 0 aliphatic rings. The molecule has 0 bridgehead atoms. The first kappa shape index (κ1) is 18.9. The van der Waals surface area contributed by atoms with Gasteiger partial charge in [-0.05, 0) is 48.7 Å². The lowest BCUT2D eigenvalue weighted by Gasteiger charge is -2.15. The number of anilines is 1. The van der Waals surface area contributed by atoms with Crippen molar-refractivity contribution in [1.82, 2.24) is 0 Å². The van der Waals surface area contributed by atoms with Gasteiger partial charge in [0.25, 0.3) is 0 Å². The number of amides is 1. The molecule has 0 heterocycles. The molecule has 0 radical (unpaired) electrons. The predicted molar refractivity (Wildman–Crippen MR) is 99.4 cm³/mol. The first-order chi connectivity index (χ1) is 11.9. The van der Waals surface area contributed by atoms with Crippen LogP contribution < -0.4 is 19.5 Å². The molecule has 0 fully saturated rings. The van der Waals surface area contributed by atoms with E-state index in [1.807, 2.05) is 26.0 Å². The smallest absolute Gasteiger partial charge is 0.228 e. The lowest BCUT2D eigenvalue weighted by atomic mass is 10.1. The molecule has 2 aromatic carbocycles. The molecule has 0 aliphatic heterocycles. The van der Waals surface area contributed by atoms with E-state index in [1.54, 1.807) is 12.1 Å². The maximum Gasteiger partial charge on any atom is 0.228 e. The Morgan fingerprint density at radius 3 is 2.08 bits per heavy atom. The molecule has 25 heavy (non-hydrogen) atoms. The summed E-state index contributed by atoms with van der Waals surface area (Å²) in [6.07, 6.45) is 0.153. The van der Waals surface area contributed by atoms with Gasteiger partial charge < -0.3 is 19.5 Å². The van der Waals surface area contributed by atoms with Crippen LogP contribution in [0.5, 0.6) is 17.2 Å². The maximum atomic E-state index is 12.4. The van der Waals surface area contributed by atoms with Gasteiger partial charge >= 0.3 is 0 Å². The monoisotopic (exact) mass is 363 g/mol. The minimum Gasteiger partial charge on any atom is -0.493 e.